The summed E-state index contributed by atoms with van der Waals surface area (Å²) in [4.78, 5) is 0. The number of halogens is 9. The number of thiol groups is 1. The van der Waals surface area contributed by atoms with Crippen LogP contribution in [0.1, 0.15) is 0 Å². The van der Waals surface area contributed by atoms with E-state index in [0.29, 0.717) is 0 Å². The third-order valence-electron chi connectivity index (χ3n) is 1.57. The summed E-state index contributed by atoms with van der Waals surface area (Å²) in [5.74, 6) is 0. The molecule has 154 valence electrons. The van der Waals surface area contributed by atoms with Gasteiger partial charge in [-0.25, -0.2) is 0 Å². The maximum Gasteiger partial charge on any atom is 0.470 e. The molecule has 0 atom stereocenters. The van der Waals surface area contributed by atoms with Crippen LogP contribution in [0.25, 0.3) is 0 Å². The monoisotopic (exact) mass is 474 g/mol. The molecule has 0 rings (SSSR count). The van der Waals surface area contributed by atoms with Gasteiger partial charge in [0.2, 0.25) is 0 Å². The zero-order chi connectivity index (χ0) is 21.3. The van der Waals surface area contributed by atoms with Gasteiger partial charge in [0.15, 0.2) is 29.5 Å². The van der Waals surface area contributed by atoms with Gasteiger partial charge >= 0.3 is 16.5 Å². The van der Waals surface area contributed by atoms with Crippen molar-refractivity contribution in [3.63, 3.8) is 0 Å². The Kier molecular flexibility index (Phi) is 8.22. The third kappa shape index (κ3) is 5.52. The Morgan fingerprint density at radius 3 is 0.760 bits per heavy atom. The quantitative estimate of drug-likeness (QED) is 0.265. The van der Waals surface area contributed by atoms with Crippen LogP contribution in [-0.2, 0) is 41.3 Å². The molecule has 0 aliphatic heterocycles. The maximum atomic E-state index is 12.0. The van der Waals surface area contributed by atoms with Crippen molar-refractivity contribution in [1.29, 1.82) is 0 Å². The van der Waals surface area contributed by atoms with Crippen LogP contribution in [0, 0.1) is 3.91 Å². The van der Waals surface area contributed by atoms with Crippen LogP contribution < -0.4 is 0 Å². The van der Waals surface area contributed by atoms with Gasteiger partial charge in [-0.15, -0.1) is 0 Å². The molecule has 0 heterocycles. The first kappa shape index (κ1) is 26.8. The Bertz CT molecular complexity index is 650. The molecule has 0 fully saturated rings. The van der Waals surface area contributed by atoms with E-state index in [4.69, 9.17) is 0 Å². The van der Waals surface area contributed by atoms with E-state index >= 15 is 0 Å². The minimum absolute atomic E-state index is 1.42. The van der Waals surface area contributed by atoms with E-state index in [0.717, 1.165) is 0 Å². The van der Waals surface area contributed by atoms with Crippen molar-refractivity contribution in [2.45, 2.75) is 16.5 Å². The number of hydrogen-bond acceptors (Lipinski definition) is 6. The molecule has 0 unspecified atom stereocenters. The summed E-state index contributed by atoms with van der Waals surface area (Å²) < 4.78 is 167. The van der Waals surface area contributed by atoms with E-state index in [1.807, 2.05) is 0 Å². The van der Waals surface area contributed by atoms with Crippen LogP contribution in [0.2, 0.25) is 0 Å². The Morgan fingerprint density at radius 1 is 0.560 bits per heavy atom. The SMILES string of the molecule is C[SH+]C.O=S(=O)([C-](S(=O)(=O)C(F)(F)F)S(=O)(=O)C(F)(F)F)C(F)(F)F. The number of hydrogen-bond donors (Lipinski definition) is 0. The van der Waals surface area contributed by atoms with Crippen molar-refractivity contribution >= 4 is 41.3 Å². The largest absolute Gasteiger partial charge is 0.470 e. The molecule has 0 saturated heterocycles. The molecule has 0 saturated carbocycles. The Morgan fingerprint density at radius 2 is 0.680 bits per heavy atom. The summed E-state index contributed by atoms with van der Waals surface area (Å²) in [5.41, 5.74) is -21.2. The zero-order valence-electron chi connectivity index (χ0n) is 11.5. The fourth-order valence-corrected chi connectivity index (χ4v) is 6.45. The average Bonchev–Trinajstić information content (AvgIpc) is 2.23. The first-order valence-corrected chi connectivity index (χ1v) is 11.1. The highest BCUT2D eigenvalue weighted by atomic mass is 32.3. The molecule has 0 aromatic rings. The number of sulfone groups is 3. The van der Waals surface area contributed by atoms with Gasteiger partial charge in [-0.2, -0.15) is 39.5 Å². The summed E-state index contributed by atoms with van der Waals surface area (Å²) in [5, 5.41) is 0. The predicted octanol–water partition coefficient (Wildman–Crippen LogP) is 1.30. The highest BCUT2D eigenvalue weighted by Crippen LogP contribution is 2.47. The minimum Gasteiger partial charge on any atom is -0.251 e. The van der Waals surface area contributed by atoms with Gasteiger partial charge in [0.05, 0.1) is 16.4 Å². The molecule has 0 spiro atoms. The van der Waals surface area contributed by atoms with E-state index in [1.54, 1.807) is 0 Å². The molecule has 0 N–H and O–H groups in total. The van der Waals surface area contributed by atoms with Gasteiger partial charge in [-0.3, -0.25) is 25.3 Å². The van der Waals surface area contributed by atoms with Crippen LogP contribution in [0.4, 0.5) is 39.5 Å². The Balaban J connectivity index is 0. The molecule has 0 amide bonds. The average molecular weight is 474 g/mol. The van der Waals surface area contributed by atoms with Crippen molar-refractivity contribution in [3.8, 4) is 0 Å². The smallest absolute Gasteiger partial charge is 0.251 e. The lowest BCUT2D eigenvalue weighted by atomic mass is 11.5. The lowest BCUT2D eigenvalue weighted by molar-refractivity contribution is -0.0471. The lowest BCUT2D eigenvalue weighted by Gasteiger charge is -2.31. The Labute approximate surface area is 139 Å². The standard InChI is InChI=1S/C4F9O6S3.C2H6S/c5-2(6,7)20(14,15)1(21(16,17)3(8,9)10)22(18,19)4(11,12)13;1-3-2/h;1-2H3/q-1;/p+1. The van der Waals surface area contributed by atoms with Gasteiger partial charge in [-0.1, -0.05) is 0 Å². The number of rotatable bonds is 3. The highest BCUT2D eigenvalue weighted by Gasteiger charge is 2.63. The van der Waals surface area contributed by atoms with Gasteiger partial charge in [0.1, 0.15) is 0 Å². The van der Waals surface area contributed by atoms with E-state index < -0.39 is 50.0 Å². The van der Waals surface area contributed by atoms with Crippen LogP contribution >= 0.6 is 0 Å². The van der Waals surface area contributed by atoms with E-state index in [2.05, 4.69) is 12.5 Å². The molecule has 0 aliphatic rings. The molecule has 6 nitrogen and oxygen atoms in total. The highest BCUT2D eigenvalue weighted by molar-refractivity contribution is 8.29. The summed E-state index contributed by atoms with van der Waals surface area (Å²) >= 11 is 1.42. The first-order chi connectivity index (χ1) is 10.5. The molecule has 0 aliphatic carbocycles. The zero-order valence-corrected chi connectivity index (χ0v) is 14.9. The second-order valence-electron chi connectivity index (χ2n) is 3.54. The normalized spacial score (nSPS) is 14.9. The molecule has 0 radical (unpaired) electrons. The van der Waals surface area contributed by atoms with E-state index in [1.165, 1.54) is 11.8 Å². The maximum absolute atomic E-state index is 12.0. The van der Waals surface area contributed by atoms with Crippen LogP contribution in [0.15, 0.2) is 0 Å². The van der Waals surface area contributed by atoms with E-state index in [-0.39, 0.29) is 0 Å². The van der Waals surface area contributed by atoms with Gasteiger partial charge in [0.25, 0.3) is 0 Å². The van der Waals surface area contributed by atoms with Crippen LogP contribution in [0.5, 0.6) is 0 Å². The minimum atomic E-state index is -8.02. The fraction of sp³-hybridized carbons (Fsp3) is 0.833. The fourth-order valence-electron chi connectivity index (χ4n) is 0.717. The van der Waals surface area contributed by atoms with Crippen molar-refractivity contribution in [2.24, 2.45) is 0 Å². The topological polar surface area (TPSA) is 102 Å². The molecule has 0 bridgehead atoms. The first-order valence-electron chi connectivity index (χ1n) is 4.82. The molecule has 25 heavy (non-hydrogen) atoms. The Hall–Kier alpha value is -0.430. The summed E-state index contributed by atoms with van der Waals surface area (Å²) in [6.45, 7) is 0. The second-order valence-corrected chi connectivity index (χ2v) is 10.8. The summed E-state index contributed by atoms with van der Waals surface area (Å²) in [7, 11) is -24.1. The molecule has 0 aromatic carbocycles. The van der Waals surface area contributed by atoms with E-state index in [9.17, 15) is 64.8 Å². The van der Waals surface area contributed by atoms with Gasteiger partial charge < -0.3 is 0 Å². The van der Waals surface area contributed by atoms with Crippen LogP contribution in [-0.4, -0.2) is 54.3 Å². The van der Waals surface area contributed by atoms with Crippen molar-refractivity contribution < 1.29 is 64.8 Å². The third-order valence-corrected chi connectivity index (χ3v) is 8.67. The van der Waals surface area contributed by atoms with Crippen molar-refractivity contribution in [3.05, 3.63) is 3.91 Å². The van der Waals surface area contributed by atoms with Gasteiger partial charge in [-0.05, 0) is 11.8 Å². The number of alkyl halides is 9. The predicted molar refractivity (Wildman–Crippen MR) is 68.8 cm³/mol. The molecule has 0 aromatic heterocycles. The lowest BCUT2D eigenvalue weighted by Crippen LogP contribution is -2.47. The van der Waals surface area contributed by atoms with Gasteiger partial charge in [0, 0.05) is 0 Å². The second kappa shape index (κ2) is 7.67. The molecular formula is C6H7F9O6S4. The summed E-state index contributed by atoms with van der Waals surface area (Å²) in [6, 6.07) is 0. The molecular weight excluding hydrogens is 467 g/mol. The van der Waals surface area contributed by atoms with Crippen LogP contribution in [0.3, 0.4) is 0 Å². The molecule has 19 heteroatoms. The van der Waals surface area contributed by atoms with Crippen molar-refractivity contribution in [2.75, 3.05) is 12.5 Å². The summed E-state index contributed by atoms with van der Waals surface area (Å²) in [6.07, 6.45) is 4.19. The van der Waals surface area contributed by atoms with Crippen molar-refractivity contribution in [1.82, 2.24) is 0 Å².